The number of rotatable bonds is 6. The van der Waals surface area contributed by atoms with Gasteiger partial charge in [-0.2, -0.15) is 5.26 Å². The van der Waals surface area contributed by atoms with E-state index in [4.69, 9.17) is 16.3 Å². The summed E-state index contributed by atoms with van der Waals surface area (Å²) in [6.07, 6.45) is 3.11. The number of carbonyl (C=O) groups is 1. The van der Waals surface area contributed by atoms with Crippen molar-refractivity contribution in [1.82, 2.24) is 0 Å². The molecule has 26 heavy (non-hydrogen) atoms. The standard InChI is InChI=1S/C21H19ClN2O2/c1-4-10-26-20-9-8-16(12-18(20)22)11-17(13-23)21(25)24-19-7-5-6-14(2)15(19)3/h4-9,11-12H,1,10H2,2-3H3,(H,24,25)/b17-11+. The van der Waals surface area contributed by atoms with Gasteiger partial charge < -0.3 is 10.1 Å². The number of nitriles is 1. The molecule has 0 aliphatic carbocycles. The molecule has 0 aromatic heterocycles. The highest BCUT2D eigenvalue weighted by Gasteiger charge is 2.12. The van der Waals surface area contributed by atoms with Gasteiger partial charge in [-0.15, -0.1) is 0 Å². The van der Waals surface area contributed by atoms with Gasteiger partial charge in [-0.1, -0.05) is 42.5 Å². The van der Waals surface area contributed by atoms with Crippen LogP contribution in [0.3, 0.4) is 0 Å². The zero-order valence-corrected chi connectivity index (χ0v) is 15.4. The van der Waals surface area contributed by atoms with E-state index in [0.717, 1.165) is 11.1 Å². The molecule has 1 amide bonds. The molecule has 2 aromatic rings. The first-order valence-corrected chi connectivity index (χ1v) is 8.36. The lowest BCUT2D eigenvalue weighted by Crippen LogP contribution is -2.14. The van der Waals surface area contributed by atoms with Crippen molar-refractivity contribution in [3.8, 4) is 11.8 Å². The number of nitrogens with one attached hydrogen (secondary N) is 1. The Morgan fingerprint density at radius 2 is 2.12 bits per heavy atom. The van der Waals surface area contributed by atoms with E-state index in [-0.39, 0.29) is 5.57 Å². The van der Waals surface area contributed by atoms with Gasteiger partial charge in [-0.25, -0.2) is 0 Å². The predicted molar refractivity (Wildman–Crippen MR) is 105 cm³/mol. The Morgan fingerprint density at radius 1 is 1.35 bits per heavy atom. The van der Waals surface area contributed by atoms with E-state index in [0.29, 0.717) is 28.6 Å². The molecule has 0 saturated heterocycles. The van der Waals surface area contributed by atoms with Crippen molar-refractivity contribution < 1.29 is 9.53 Å². The number of hydrogen-bond donors (Lipinski definition) is 1. The van der Waals surface area contributed by atoms with Gasteiger partial charge in [-0.05, 0) is 54.8 Å². The summed E-state index contributed by atoms with van der Waals surface area (Å²) in [6.45, 7) is 7.81. The molecule has 0 bridgehead atoms. The van der Waals surface area contributed by atoms with Crippen molar-refractivity contribution in [2.45, 2.75) is 13.8 Å². The number of ether oxygens (including phenoxy) is 1. The molecule has 0 aliphatic heterocycles. The smallest absolute Gasteiger partial charge is 0.266 e. The maximum atomic E-state index is 12.4. The number of halogens is 1. The first kappa shape index (κ1) is 19.3. The molecule has 0 atom stereocenters. The van der Waals surface area contributed by atoms with Gasteiger partial charge in [0.05, 0.1) is 5.02 Å². The molecule has 0 aliphatic rings. The molecule has 2 rings (SSSR count). The first-order valence-electron chi connectivity index (χ1n) is 7.99. The lowest BCUT2D eigenvalue weighted by molar-refractivity contribution is -0.112. The molecular formula is C21H19ClN2O2. The quantitative estimate of drug-likeness (QED) is 0.441. The molecule has 0 unspecified atom stereocenters. The zero-order valence-electron chi connectivity index (χ0n) is 14.7. The van der Waals surface area contributed by atoms with Gasteiger partial charge in [0.15, 0.2) is 0 Å². The summed E-state index contributed by atoms with van der Waals surface area (Å²) in [5.41, 5.74) is 3.33. The second-order valence-electron chi connectivity index (χ2n) is 5.66. The van der Waals surface area contributed by atoms with Crippen LogP contribution in [0.25, 0.3) is 6.08 Å². The highest BCUT2D eigenvalue weighted by molar-refractivity contribution is 6.32. The topological polar surface area (TPSA) is 62.1 Å². The Morgan fingerprint density at radius 3 is 2.77 bits per heavy atom. The van der Waals surface area contributed by atoms with Gasteiger partial charge in [0.25, 0.3) is 5.91 Å². The number of anilines is 1. The highest BCUT2D eigenvalue weighted by Crippen LogP contribution is 2.26. The number of carbonyl (C=O) groups excluding carboxylic acids is 1. The predicted octanol–water partition coefficient (Wildman–Crippen LogP) is 5.07. The third-order valence-electron chi connectivity index (χ3n) is 3.84. The lowest BCUT2D eigenvalue weighted by atomic mass is 10.1. The van der Waals surface area contributed by atoms with Crippen molar-refractivity contribution >= 4 is 29.3 Å². The summed E-state index contributed by atoms with van der Waals surface area (Å²) in [5.74, 6) is 0.0476. The van der Waals surface area contributed by atoms with Crippen LogP contribution in [0.1, 0.15) is 16.7 Å². The summed E-state index contributed by atoms with van der Waals surface area (Å²) in [4.78, 5) is 12.4. The molecule has 5 heteroatoms. The maximum Gasteiger partial charge on any atom is 0.266 e. The second kappa shape index (κ2) is 8.89. The molecule has 132 valence electrons. The normalized spacial score (nSPS) is 10.8. The van der Waals surface area contributed by atoms with Crippen molar-refractivity contribution in [2.75, 3.05) is 11.9 Å². The van der Waals surface area contributed by atoms with E-state index in [2.05, 4.69) is 11.9 Å². The van der Waals surface area contributed by atoms with E-state index in [9.17, 15) is 10.1 Å². The largest absolute Gasteiger partial charge is 0.488 e. The molecule has 1 N–H and O–H groups in total. The van der Waals surface area contributed by atoms with Crippen LogP contribution in [-0.2, 0) is 4.79 Å². The Hall–Kier alpha value is -3.03. The summed E-state index contributed by atoms with van der Waals surface area (Å²) in [6, 6.07) is 12.6. The molecule has 0 radical (unpaired) electrons. The zero-order chi connectivity index (χ0) is 19.1. The fraction of sp³-hybridized carbons (Fsp3) is 0.143. The first-order chi connectivity index (χ1) is 12.5. The van der Waals surface area contributed by atoms with Crippen LogP contribution in [0, 0.1) is 25.2 Å². The molecule has 2 aromatic carbocycles. The maximum absolute atomic E-state index is 12.4. The molecule has 0 saturated carbocycles. The number of benzene rings is 2. The summed E-state index contributed by atoms with van der Waals surface area (Å²) >= 11 is 6.17. The van der Waals surface area contributed by atoms with Crippen molar-refractivity contribution in [2.24, 2.45) is 0 Å². The number of amides is 1. The van der Waals surface area contributed by atoms with E-state index in [1.54, 1.807) is 30.3 Å². The van der Waals surface area contributed by atoms with Crippen molar-refractivity contribution in [1.29, 1.82) is 5.26 Å². The summed E-state index contributed by atoms with van der Waals surface area (Å²) < 4.78 is 5.41. The van der Waals surface area contributed by atoms with E-state index in [1.807, 2.05) is 32.0 Å². The van der Waals surface area contributed by atoms with Crippen LogP contribution >= 0.6 is 11.6 Å². The van der Waals surface area contributed by atoms with Crippen LogP contribution in [-0.4, -0.2) is 12.5 Å². The molecule has 0 spiro atoms. The van der Waals surface area contributed by atoms with Crippen molar-refractivity contribution in [3.63, 3.8) is 0 Å². The molecule has 0 heterocycles. The Labute approximate surface area is 158 Å². The van der Waals surface area contributed by atoms with Crippen LogP contribution in [0.4, 0.5) is 5.69 Å². The van der Waals surface area contributed by atoms with E-state index < -0.39 is 5.91 Å². The van der Waals surface area contributed by atoms with Crippen LogP contribution in [0.2, 0.25) is 5.02 Å². The van der Waals surface area contributed by atoms with Gasteiger partial charge >= 0.3 is 0 Å². The third kappa shape index (κ3) is 4.75. The average Bonchev–Trinajstić information content (AvgIpc) is 2.62. The van der Waals surface area contributed by atoms with E-state index >= 15 is 0 Å². The monoisotopic (exact) mass is 366 g/mol. The fourth-order valence-electron chi connectivity index (χ4n) is 2.26. The lowest BCUT2D eigenvalue weighted by Gasteiger charge is -2.10. The molecule has 0 fully saturated rings. The Balaban J connectivity index is 2.23. The third-order valence-corrected chi connectivity index (χ3v) is 4.14. The number of aryl methyl sites for hydroxylation is 1. The van der Waals surface area contributed by atoms with Crippen molar-refractivity contribution in [3.05, 3.63) is 76.3 Å². The minimum absolute atomic E-state index is 0.0123. The summed E-state index contributed by atoms with van der Waals surface area (Å²) in [5, 5.41) is 12.5. The second-order valence-corrected chi connectivity index (χ2v) is 6.07. The van der Waals surface area contributed by atoms with Crippen LogP contribution < -0.4 is 10.1 Å². The fourth-order valence-corrected chi connectivity index (χ4v) is 2.51. The van der Waals surface area contributed by atoms with Gasteiger partial charge in [0.2, 0.25) is 0 Å². The highest BCUT2D eigenvalue weighted by atomic mass is 35.5. The number of nitrogens with zero attached hydrogens (tertiary/aromatic N) is 1. The number of hydrogen-bond acceptors (Lipinski definition) is 3. The SMILES string of the molecule is C=CCOc1ccc(/C=C(\C#N)C(=O)Nc2cccc(C)c2C)cc1Cl. The van der Waals surface area contributed by atoms with Crippen LogP contribution in [0.15, 0.2) is 54.6 Å². The minimum Gasteiger partial charge on any atom is -0.488 e. The van der Waals surface area contributed by atoms with Gasteiger partial charge in [-0.3, -0.25) is 4.79 Å². The molecule has 4 nitrogen and oxygen atoms in total. The molecular weight excluding hydrogens is 348 g/mol. The Kier molecular flexibility index (Phi) is 6.60. The van der Waals surface area contributed by atoms with Gasteiger partial charge in [0, 0.05) is 5.69 Å². The minimum atomic E-state index is -0.468. The average molecular weight is 367 g/mol. The van der Waals surface area contributed by atoms with Crippen LogP contribution in [0.5, 0.6) is 5.75 Å². The Bertz CT molecular complexity index is 911. The van der Waals surface area contributed by atoms with E-state index in [1.165, 1.54) is 6.08 Å². The summed E-state index contributed by atoms with van der Waals surface area (Å²) in [7, 11) is 0. The van der Waals surface area contributed by atoms with Gasteiger partial charge in [0.1, 0.15) is 24.0 Å².